The first-order valence-corrected chi connectivity index (χ1v) is 3.50. The lowest BCUT2D eigenvalue weighted by molar-refractivity contribution is 0.373. The predicted octanol–water partition coefficient (Wildman–Crippen LogP) is 1.32. The number of hydrogen-bond acceptors (Lipinski definition) is 3. The molecule has 3 nitrogen and oxygen atoms in total. The molecule has 0 aliphatic rings. The van der Waals surface area contributed by atoms with Gasteiger partial charge in [-0.05, 0) is 30.6 Å². The van der Waals surface area contributed by atoms with E-state index in [1.54, 1.807) is 0 Å². The van der Waals surface area contributed by atoms with Gasteiger partial charge in [0.1, 0.15) is 2.82 Å². The smallest absolute Gasteiger partial charge is 0.160 e. The van der Waals surface area contributed by atoms with Crippen LogP contribution in [0.1, 0.15) is 8.30 Å². The zero-order valence-electron chi connectivity index (χ0n) is 11.2. The molecule has 0 spiro atoms. The number of nitrogens with two attached hydrogens (primary N) is 1. The summed E-state index contributed by atoms with van der Waals surface area (Å²) in [7, 11) is 1.40. The second-order valence-electron chi connectivity index (χ2n) is 2.34. The highest BCUT2D eigenvalue weighted by Crippen LogP contribution is 2.26. The summed E-state index contributed by atoms with van der Waals surface area (Å²) >= 11 is 0. The Labute approximate surface area is 89.7 Å². The number of methoxy groups -OCH3 is 1. The Morgan fingerprint density at radius 2 is 2.46 bits per heavy atom. The lowest BCUT2D eigenvalue weighted by atomic mass is 10.1. The van der Waals surface area contributed by atoms with Gasteiger partial charge in [-0.3, -0.25) is 0 Å². The number of halogens is 1. The highest BCUT2D eigenvalue weighted by atomic mass is 35.5. The molecular formula is C9H14ClNO2. The number of phenols is 1. The molecule has 0 atom stereocenters. The molecule has 1 aromatic rings. The van der Waals surface area contributed by atoms with E-state index in [9.17, 15) is 5.11 Å². The van der Waals surface area contributed by atoms with Gasteiger partial charge in [-0.1, -0.05) is 6.07 Å². The normalized spacial score (nSPS) is 14.9. The van der Waals surface area contributed by atoms with E-state index < -0.39 is 6.50 Å². The number of hydrogen-bond donors (Lipinski definition) is 2. The Kier molecular flexibility index (Phi) is 2.84. The van der Waals surface area contributed by atoms with Gasteiger partial charge in [0.05, 0.1) is 7.11 Å². The fourth-order valence-corrected chi connectivity index (χ4v) is 0.923. The van der Waals surface area contributed by atoms with Crippen molar-refractivity contribution in [2.45, 2.75) is 6.42 Å². The van der Waals surface area contributed by atoms with Crippen LogP contribution in [0.25, 0.3) is 0 Å². The number of ether oxygens (including phenoxy) is 1. The first kappa shape index (κ1) is 6.51. The molecule has 13 heavy (non-hydrogen) atoms. The molecule has 0 fully saturated rings. The monoisotopic (exact) mass is 207 g/mol. The summed E-state index contributed by atoms with van der Waals surface area (Å²) < 4.78 is 33.5. The van der Waals surface area contributed by atoms with Crippen LogP contribution in [-0.2, 0) is 6.42 Å². The van der Waals surface area contributed by atoms with Crippen molar-refractivity contribution in [2.75, 3.05) is 13.6 Å². The molecule has 0 amide bonds. The Morgan fingerprint density at radius 1 is 1.69 bits per heavy atom. The maximum Gasteiger partial charge on any atom is 0.160 e. The van der Waals surface area contributed by atoms with Gasteiger partial charge in [0, 0.05) is 2.74 Å². The van der Waals surface area contributed by atoms with Gasteiger partial charge in [-0.15, -0.1) is 12.4 Å². The third kappa shape index (κ3) is 3.13. The Bertz CT molecular complexity index is 376. The Hall–Kier alpha value is -0.930. The van der Waals surface area contributed by atoms with Gasteiger partial charge in [0.25, 0.3) is 0 Å². The molecule has 0 saturated carbocycles. The molecule has 0 aliphatic heterocycles. The van der Waals surface area contributed by atoms with E-state index in [4.69, 9.17) is 10.3 Å². The minimum atomic E-state index is -2.08. The third-order valence-corrected chi connectivity index (χ3v) is 1.53. The van der Waals surface area contributed by atoms with Crippen LogP contribution in [0.2, 0.25) is 2.82 Å². The van der Waals surface area contributed by atoms with Crippen LogP contribution in [0.3, 0.4) is 0 Å². The maximum absolute atomic E-state index is 9.34. The van der Waals surface area contributed by atoms with Crippen molar-refractivity contribution >= 4 is 12.4 Å². The van der Waals surface area contributed by atoms with Crippen LogP contribution in [-0.4, -0.2) is 18.7 Å². The lowest BCUT2D eigenvalue weighted by Crippen LogP contribution is -2.02. The molecule has 0 heterocycles. The topological polar surface area (TPSA) is 55.5 Å². The number of aryl methyl sites for hydroxylation is 1. The van der Waals surface area contributed by atoms with Crippen molar-refractivity contribution in [1.29, 1.82) is 0 Å². The summed E-state index contributed by atoms with van der Waals surface area (Å²) in [5, 5.41) is 9.34. The van der Waals surface area contributed by atoms with Crippen LogP contribution >= 0.6 is 12.4 Å². The van der Waals surface area contributed by atoms with Gasteiger partial charge >= 0.3 is 0 Å². The van der Waals surface area contributed by atoms with Crippen LogP contribution in [0.15, 0.2) is 18.2 Å². The van der Waals surface area contributed by atoms with Gasteiger partial charge < -0.3 is 15.6 Å². The van der Waals surface area contributed by atoms with Crippen LogP contribution < -0.4 is 10.5 Å². The molecule has 0 saturated heterocycles. The molecule has 0 unspecified atom stereocenters. The van der Waals surface area contributed by atoms with Crippen molar-refractivity contribution in [1.82, 2.24) is 0 Å². The van der Waals surface area contributed by atoms with E-state index in [-0.39, 0.29) is 36.0 Å². The fourth-order valence-electron chi connectivity index (χ4n) is 0.923. The molecule has 0 bridgehead atoms. The first-order valence-electron chi connectivity index (χ1n) is 5.40. The molecule has 3 N–H and O–H groups in total. The van der Waals surface area contributed by atoms with Gasteiger partial charge in [-0.2, -0.15) is 0 Å². The summed E-state index contributed by atoms with van der Waals surface area (Å²) in [6.45, 7) is -2.08. The van der Waals surface area contributed by atoms with Crippen molar-refractivity contribution in [3.8, 4) is 11.5 Å². The van der Waals surface area contributed by atoms with Crippen LogP contribution in [0.5, 0.6) is 11.5 Å². The van der Waals surface area contributed by atoms with Crippen LogP contribution in [0.4, 0.5) is 0 Å². The molecule has 1 rings (SSSR count). The molecule has 4 heteroatoms. The zero-order valence-corrected chi connectivity index (χ0v) is 7.97. The van der Waals surface area contributed by atoms with E-state index in [2.05, 4.69) is 0 Å². The Morgan fingerprint density at radius 3 is 3.08 bits per heavy atom. The van der Waals surface area contributed by atoms with E-state index >= 15 is 0 Å². The average Bonchev–Trinajstić information content (AvgIpc) is 2.20. The van der Waals surface area contributed by atoms with Crippen molar-refractivity contribution in [3.63, 3.8) is 0 Å². The molecule has 0 aliphatic carbocycles. The number of rotatable bonds is 4. The standard InChI is InChI=1S/C9H13NO2.ClH/c1-12-9-6-7(4-5-10)2-3-8(9)11;/h2-3,6,11H,4-5,10H2,1H3;1H/i5D2;/hD2. The van der Waals surface area contributed by atoms with Gasteiger partial charge in [-0.25, -0.2) is 0 Å². The van der Waals surface area contributed by atoms with E-state index in [0.717, 1.165) is 0 Å². The summed E-state index contributed by atoms with van der Waals surface area (Å²) in [5.74, 6) is 0.218. The fraction of sp³-hybridized carbons (Fsp3) is 0.333. The largest absolute Gasteiger partial charge is 0.504 e. The van der Waals surface area contributed by atoms with E-state index in [0.29, 0.717) is 5.56 Å². The second-order valence-corrected chi connectivity index (χ2v) is 2.34. The average molecular weight is 208 g/mol. The summed E-state index contributed by atoms with van der Waals surface area (Å²) in [5.41, 5.74) is 0.566. The van der Waals surface area contributed by atoms with E-state index in [1.807, 2.05) is 0 Å². The molecule has 0 aromatic heterocycles. The Balaban J connectivity index is 0.00000256. The minimum absolute atomic E-state index is 0. The van der Waals surface area contributed by atoms with Gasteiger partial charge in [0.15, 0.2) is 11.5 Å². The maximum atomic E-state index is 9.34. The first-order chi connectivity index (χ1) is 7.36. The second kappa shape index (κ2) is 5.67. The highest BCUT2D eigenvalue weighted by molar-refractivity contribution is 5.85. The van der Waals surface area contributed by atoms with Crippen LogP contribution in [0, 0.1) is 0 Å². The SMILES string of the molecule is Cl.[2H]N([2H])C([2H])([2H])Cc1ccc(O)c(OC)c1. The van der Waals surface area contributed by atoms with Crippen molar-refractivity contribution in [3.05, 3.63) is 23.8 Å². The third-order valence-electron chi connectivity index (χ3n) is 1.53. The van der Waals surface area contributed by atoms with Crippen molar-refractivity contribution in [2.24, 2.45) is 5.72 Å². The summed E-state index contributed by atoms with van der Waals surface area (Å²) in [6.07, 6.45) is -0.128. The molecule has 1 aromatic carbocycles. The summed E-state index contributed by atoms with van der Waals surface area (Å²) in [6, 6.07) is 4.40. The number of aromatic hydroxyl groups is 1. The summed E-state index contributed by atoms with van der Waals surface area (Å²) in [4.78, 5) is 0. The number of phenolic OH excluding ortho intramolecular Hbond substituents is 1. The lowest BCUT2D eigenvalue weighted by Gasteiger charge is -2.05. The van der Waals surface area contributed by atoms with E-state index in [1.165, 1.54) is 25.3 Å². The predicted molar refractivity (Wildman–Crippen MR) is 54.7 cm³/mol. The minimum Gasteiger partial charge on any atom is -0.504 e. The quantitative estimate of drug-likeness (QED) is 0.783. The van der Waals surface area contributed by atoms with Crippen molar-refractivity contribution < 1.29 is 15.4 Å². The molecule has 0 radical (unpaired) electrons. The number of benzene rings is 1. The molecule has 74 valence electrons. The molecular weight excluding hydrogens is 190 g/mol. The highest BCUT2D eigenvalue weighted by Gasteiger charge is 2.00. The van der Waals surface area contributed by atoms with Gasteiger partial charge in [0.2, 0.25) is 0 Å². The zero-order chi connectivity index (χ0) is 12.3.